The van der Waals surface area contributed by atoms with Crippen molar-refractivity contribution < 1.29 is 14.3 Å². The highest BCUT2D eigenvalue weighted by Gasteiger charge is 2.16. The van der Waals surface area contributed by atoms with Gasteiger partial charge in [-0.25, -0.2) is 4.39 Å². The van der Waals surface area contributed by atoms with Crippen LogP contribution in [0.15, 0.2) is 18.2 Å². The van der Waals surface area contributed by atoms with E-state index >= 15 is 0 Å². The molecule has 16 heavy (non-hydrogen) atoms. The minimum atomic E-state index is -1.03. The highest BCUT2D eigenvalue weighted by molar-refractivity contribution is 6.30. The predicted molar refractivity (Wildman–Crippen MR) is 60.0 cm³/mol. The molecule has 0 radical (unpaired) electrons. The summed E-state index contributed by atoms with van der Waals surface area (Å²) in [6, 6.07) is 3.81. The molecule has 0 unspecified atom stereocenters. The van der Waals surface area contributed by atoms with Crippen molar-refractivity contribution in [3.05, 3.63) is 34.6 Å². The second kappa shape index (κ2) is 4.80. The maximum Gasteiger partial charge on any atom is 0.254 e. The van der Waals surface area contributed by atoms with Gasteiger partial charge in [0.15, 0.2) is 0 Å². The summed E-state index contributed by atoms with van der Waals surface area (Å²) in [6.45, 7) is 3.14. The van der Waals surface area contributed by atoms with Crippen molar-refractivity contribution in [2.75, 3.05) is 6.54 Å². The SMILES string of the molecule is CC(C)(O)CNC(=O)c1ccc(Cl)cc1F. The van der Waals surface area contributed by atoms with Gasteiger partial charge in [-0.05, 0) is 32.0 Å². The summed E-state index contributed by atoms with van der Waals surface area (Å²) in [7, 11) is 0. The van der Waals surface area contributed by atoms with Gasteiger partial charge in [-0.1, -0.05) is 11.6 Å². The lowest BCUT2D eigenvalue weighted by molar-refractivity contribution is 0.0692. The molecule has 1 rings (SSSR count). The molecule has 0 aliphatic carbocycles. The van der Waals surface area contributed by atoms with Crippen molar-refractivity contribution in [1.29, 1.82) is 0 Å². The Hall–Kier alpha value is -1.13. The molecule has 0 fully saturated rings. The largest absolute Gasteiger partial charge is 0.389 e. The van der Waals surface area contributed by atoms with Crippen LogP contribution in [0.4, 0.5) is 4.39 Å². The third kappa shape index (κ3) is 3.79. The van der Waals surface area contributed by atoms with Crippen LogP contribution in [0.3, 0.4) is 0 Å². The molecule has 5 heteroatoms. The lowest BCUT2D eigenvalue weighted by atomic mass is 10.1. The van der Waals surface area contributed by atoms with Crippen molar-refractivity contribution >= 4 is 17.5 Å². The number of rotatable bonds is 3. The van der Waals surface area contributed by atoms with E-state index in [9.17, 15) is 14.3 Å². The van der Waals surface area contributed by atoms with Gasteiger partial charge in [0.25, 0.3) is 5.91 Å². The fourth-order valence-corrected chi connectivity index (χ4v) is 1.22. The number of hydrogen-bond donors (Lipinski definition) is 2. The van der Waals surface area contributed by atoms with Gasteiger partial charge in [0.1, 0.15) is 5.82 Å². The van der Waals surface area contributed by atoms with E-state index in [-0.39, 0.29) is 17.1 Å². The molecule has 1 amide bonds. The monoisotopic (exact) mass is 245 g/mol. The van der Waals surface area contributed by atoms with Crippen molar-refractivity contribution in [1.82, 2.24) is 5.32 Å². The van der Waals surface area contributed by atoms with E-state index in [4.69, 9.17) is 11.6 Å². The summed E-state index contributed by atoms with van der Waals surface area (Å²) in [4.78, 5) is 11.5. The van der Waals surface area contributed by atoms with E-state index in [2.05, 4.69) is 5.32 Å². The first-order valence-corrected chi connectivity index (χ1v) is 5.13. The minimum absolute atomic E-state index is 0.0495. The molecule has 88 valence electrons. The van der Waals surface area contributed by atoms with Gasteiger partial charge in [-0.15, -0.1) is 0 Å². The molecule has 0 aliphatic heterocycles. The highest BCUT2D eigenvalue weighted by atomic mass is 35.5. The molecule has 0 aromatic heterocycles. The molecule has 0 spiro atoms. The fourth-order valence-electron chi connectivity index (χ4n) is 1.07. The number of nitrogens with one attached hydrogen (secondary N) is 1. The van der Waals surface area contributed by atoms with Gasteiger partial charge in [-0.3, -0.25) is 4.79 Å². The summed E-state index contributed by atoms with van der Waals surface area (Å²) in [5.41, 5.74) is -1.12. The number of aliphatic hydroxyl groups is 1. The van der Waals surface area contributed by atoms with Gasteiger partial charge < -0.3 is 10.4 Å². The molecule has 0 saturated carbocycles. The fraction of sp³-hybridized carbons (Fsp3) is 0.364. The number of amides is 1. The van der Waals surface area contributed by atoms with Crippen molar-refractivity contribution in [2.45, 2.75) is 19.4 Å². The van der Waals surface area contributed by atoms with Crippen LogP contribution in [0.1, 0.15) is 24.2 Å². The lowest BCUT2D eigenvalue weighted by Crippen LogP contribution is -2.38. The van der Waals surface area contributed by atoms with E-state index in [0.717, 1.165) is 6.07 Å². The van der Waals surface area contributed by atoms with Gasteiger partial charge in [0.05, 0.1) is 11.2 Å². The predicted octanol–water partition coefficient (Wildman–Crippen LogP) is 1.98. The normalized spacial score (nSPS) is 11.3. The molecule has 3 nitrogen and oxygen atoms in total. The molecule has 0 heterocycles. The molecule has 0 bridgehead atoms. The number of halogens is 2. The van der Waals surface area contributed by atoms with Crippen molar-refractivity contribution in [3.63, 3.8) is 0 Å². The summed E-state index contributed by atoms with van der Waals surface area (Å²) in [5.74, 6) is -1.25. The van der Waals surface area contributed by atoms with Crippen LogP contribution in [0.25, 0.3) is 0 Å². The van der Waals surface area contributed by atoms with E-state index in [1.165, 1.54) is 12.1 Å². The Morgan fingerprint density at radius 3 is 2.69 bits per heavy atom. The van der Waals surface area contributed by atoms with Crippen LogP contribution in [-0.2, 0) is 0 Å². The Morgan fingerprint density at radius 2 is 2.19 bits per heavy atom. The summed E-state index contributed by atoms with van der Waals surface area (Å²) in [5, 5.41) is 12.1. The standard InChI is InChI=1S/C11H13ClFNO2/c1-11(2,16)6-14-10(15)8-4-3-7(12)5-9(8)13/h3-5,16H,6H2,1-2H3,(H,14,15). The molecule has 0 saturated heterocycles. The molecular formula is C11H13ClFNO2. The van der Waals surface area contributed by atoms with E-state index in [1.807, 2.05) is 0 Å². The number of carbonyl (C=O) groups excluding carboxylic acids is 1. The second-order valence-corrected chi connectivity index (χ2v) is 4.56. The van der Waals surface area contributed by atoms with Crippen LogP contribution in [-0.4, -0.2) is 23.2 Å². The average Bonchev–Trinajstić information content (AvgIpc) is 2.13. The quantitative estimate of drug-likeness (QED) is 0.856. The van der Waals surface area contributed by atoms with Crippen molar-refractivity contribution in [2.24, 2.45) is 0 Å². The Bertz CT molecular complexity index is 401. The Morgan fingerprint density at radius 1 is 1.56 bits per heavy atom. The smallest absolute Gasteiger partial charge is 0.254 e. The van der Waals surface area contributed by atoms with Crippen LogP contribution < -0.4 is 5.32 Å². The average molecular weight is 246 g/mol. The maximum absolute atomic E-state index is 13.3. The topological polar surface area (TPSA) is 49.3 Å². The number of hydrogen-bond acceptors (Lipinski definition) is 2. The zero-order chi connectivity index (χ0) is 12.3. The van der Waals surface area contributed by atoms with Crippen LogP contribution >= 0.6 is 11.6 Å². The van der Waals surface area contributed by atoms with E-state index < -0.39 is 17.3 Å². The molecule has 0 atom stereocenters. The van der Waals surface area contributed by atoms with Gasteiger partial charge in [0.2, 0.25) is 0 Å². The second-order valence-electron chi connectivity index (χ2n) is 4.12. The Kier molecular flexibility index (Phi) is 3.88. The lowest BCUT2D eigenvalue weighted by Gasteiger charge is -2.17. The van der Waals surface area contributed by atoms with Crippen LogP contribution in [0.2, 0.25) is 5.02 Å². The Labute approximate surface area is 98.2 Å². The zero-order valence-electron chi connectivity index (χ0n) is 9.05. The maximum atomic E-state index is 13.3. The van der Waals surface area contributed by atoms with Crippen LogP contribution in [0.5, 0.6) is 0 Å². The van der Waals surface area contributed by atoms with Gasteiger partial charge in [-0.2, -0.15) is 0 Å². The minimum Gasteiger partial charge on any atom is -0.389 e. The number of benzene rings is 1. The third-order valence-corrected chi connectivity index (χ3v) is 2.09. The van der Waals surface area contributed by atoms with Gasteiger partial charge >= 0.3 is 0 Å². The Balaban J connectivity index is 2.74. The number of carbonyl (C=O) groups is 1. The molecular weight excluding hydrogens is 233 g/mol. The first-order chi connectivity index (χ1) is 7.29. The molecule has 2 N–H and O–H groups in total. The first-order valence-electron chi connectivity index (χ1n) is 4.75. The van der Waals surface area contributed by atoms with Crippen LogP contribution in [0, 0.1) is 5.82 Å². The van der Waals surface area contributed by atoms with E-state index in [0.29, 0.717) is 0 Å². The third-order valence-electron chi connectivity index (χ3n) is 1.86. The first kappa shape index (κ1) is 12.9. The summed E-state index contributed by atoms with van der Waals surface area (Å²) in [6.07, 6.45) is 0. The van der Waals surface area contributed by atoms with Gasteiger partial charge in [0, 0.05) is 11.6 Å². The van der Waals surface area contributed by atoms with E-state index in [1.54, 1.807) is 13.8 Å². The summed E-state index contributed by atoms with van der Waals surface area (Å²) < 4.78 is 13.3. The highest BCUT2D eigenvalue weighted by Crippen LogP contribution is 2.14. The zero-order valence-corrected chi connectivity index (χ0v) is 9.81. The molecule has 1 aromatic rings. The summed E-state index contributed by atoms with van der Waals surface area (Å²) >= 11 is 5.56. The van der Waals surface area contributed by atoms with Crippen molar-refractivity contribution in [3.8, 4) is 0 Å². The molecule has 1 aromatic carbocycles. The molecule has 0 aliphatic rings.